The summed E-state index contributed by atoms with van der Waals surface area (Å²) in [4.78, 5) is 20.6. The summed E-state index contributed by atoms with van der Waals surface area (Å²) in [6.45, 7) is 5.66. The molecule has 0 saturated heterocycles. The number of anilines is 1. The van der Waals surface area contributed by atoms with E-state index in [-0.39, 0.29) is 5.91 Å². The van der Waals surface area contributed by atoms with Gasteiger partial charge in [0.1, 0.15) is 5.82 Å². The van der Waals surface area contributed by atoms with Crippen LogP contribution >= 0.6 is 0 Å². The van der Waals surface area contributed by atoms with Gasteiger partial charge in [-0.05, 0) is 18.1 Å². The van der Waals surface area contributed by atoms with Crippen LogP contribution in [0.5, 0.6) is 0 Å². The maximum absolute atomic E-state index is 11.9. The van der Waals surface area contributed by atoms with Crippen LogP contribution in [0, 0.1) is 5.92 Å². The van der Waals surface area contributed by atoms with Crippen molar-refractivity contribution in [2.24, 2.45) is 10.9 Å². The molecule has 3 rings (SSSR count). The van der Waals surface area contributed by atoms with Gasteiger partial charge in [0.2, 0.25) is 11.5 Å². The molecule has 1 aromatic heterocycles. The van der Waals surface area contributed by atoms with Crippen LogP contribution in [0.4, 0.5) is 5.82 Å². The van der Waals surface area contributed by atoms with Gasteiger partial charge in [-0.1, -0.05) is 26.0 Å². The molecule has 0 unspecified atom stereocenters. The number of para-hydroxylation sites is 1. The summed E-state index contributed by atoms with van der Waals surface area (Å²) < 4.78 is 1.99. The Morgan fingerprint density at radius 2 is 2.25 bits per heavy atom. The van der Waals surface area contributed by atoms with Gasteiger partial charge in [0.05, 0.1) is 5.52 Å². The topological polar surface area (TPSA) is 59.3 Å². The molecule has 0 radical (unpaired) electrons. The first-order chi connectivity index (χ1) is 9.65. The Morgan fingerprint density at radius 3 is 3.05 bits per heavy atom. The lowest BCUT2D eigenvalue weighted by molar-refractivity contribution is -0.118. The average molecular weight is 270 g/mol. The van der Waals surface area contributed by atoms with E-state index in [1.807, 2.05) is 42.7 Å². The van der Waals surface area contributed by atoms with E-state index < -0.39 is 0 Å². The molecule has 104 valence electrons. The van der Waals surface area contributed by atoms with Crippen LogP contribution < -0.4 is 10.9 Å². The average Bonchev–Trinajstić information content (AvgIpc) is 2.87. The molecule has 0 aliphatic carbocycles. The fourth-order valence-electron chi connectivity index (χ4n) is 2.47. The second kappa shape index (κ2) is 5.07. The molecule has 5 nitrogen and oxygen atoms in total. The van der Waals surface area contributed by atoms with Crippen LogP contribution in [0.15, 0.2) is 29.3 Å². The van der Waals surface area contributed by atoms with Gasteiger partial charge in [-0.25, -0.2) is 4.98 Å². The van der Waals surface area contributed by atoms with Crippen molar-refractivity contribution in [1.82, 2.24) is 9.55 Å². The highest BCUT2D eigenvalue weighted by Gasteiger charge is 2.15. The summed E-state index contributed by atoms with van der Waals surface area (Å²) in [5, 5.41) is 4.42. The Balaban J connectivity index is 2.17. The first-order valence-corrected chi connectivity index (χ1v) is 6.96. The van der Waals surface area contributed by atoms with Crippen LogP contribution in [0.1, 0.15) is 20.3 Å². The smallest absolute Gasteiger partial charge is 0.249 e. The molecule has 0 bridgehead atoms. The van der Waals surface area contributed by atoms with Gasteiger partial charge in [-0.15, -0.1) is 0 Å². The standard InChI is InChI=1S/C15H18N4O/c1-10(2)9-13(20)18-15-17-12-6-4-3-5-11(12)14-16-7-8-19(14)15/h3-6,10,16H,7-9H2,1-2H3. The third-order valence-electron chi connectivity index (χ3n) is 3.33. The van der Waals surface area contributed by atoms with Crippen molar-refractivity contribution in [3.63, 3.8) is 0 Å². The van der Waals surface area contributed by atoms with Crippen molar-refractivity contribution < 1.29 is 4.79 Å². The number of rotatable bonds is 2. The quantitative estimate of drug-likeness (QED) is 0.907. The number of nitrogens with zero attached hydrogens (tertiary/aromatic N) is 3. The van der Waals surface area contributed by atoms with Crippen LogP contribution in [0.25, 0.3) is 10.9 Å². The molecule has 1 aliphatic rings. The molecule has 1 N–H and O–H groups in total. The molecule has 0 saturated carbocycles. The van der Waals surface area contributed by atoms with Gasteiger partial charge >= 0.3 is 0 Å². The summed E-state index contributed by atoms with van der Waals surface area (Å²) in [5.41, 5.74) is 1.37. The second-order valence-corrected chi connectivity index (χ2v) is 5.46. The zero-order valence-corrected chi connectivity index (χ0v) is 11.8. The molecule has 0 atom stereocenters. The normalized spacial score (nSPS) is 14.7. The number of amides is 1. The molecular weight excluding hydrogens is 252 g/mol. The maximum atomic E-state index is 11.9. The van der Waals surface area contributed by atoms with E-state index in [0.29, 0.717) is 18.0 Å². The minimum absolute atomic E-state index is 0.107. The third kappa shape index (κ3) is 2.31. The molecule has 2 aromatic rings. The summed E-state index contributed by atoms with van der Waals surface area (Å²) in [5.74, 6) is 1.21. The van der Waals surface area contributed by atoms with Crippen LogP contribution in [0.3, 0.4) is 0 Å². The number of hydrogen-bond donors (Lipinski definition) is 1. The molecule has 2 heterocycles. The van der Waals surface area contributed by atoms with Crippen LogP contribution in [-0.4, -0.2) is 22.0 Å². The third-order valence-corrected chi connectivity index (χ3v) is 3.33. The second-order valence-electron chi connectivity index (χ2n) is 5.46. The SMILES string of the molecule is CC(C)CC(=O)N=c1nc2ccccc2c2n1CCN2. The molecule has 1 aromatic carbocycles. The highest BCUT2D eigenvalue weighted by Crippen LogP contribution is 2.22. The number of hydrogen-bond acceptors (Lipinski definition) is 3. The molecule has 1 aliphatic heterocycles. The van der Waals surface area contributed by atoms with Crippen LogP contribution in [-0.2, 0) is 11.3 Å². The highest BCUT2D eigenvalue weighted by atomic mass is 16.1. The Bertz CT molecular complexity index is 730. The highest BCUT2D eigenvalue weighted by molar-refractivity contribution is 5.89. The summed E-state index contributed by atoms with van der Waals surface area (Å²) in [6.07, 6.45) is 0.456. The number of carbonyl (C=O) groups excluding carboxylic acids is 1. The Labute approximate surface area is 117 Å². The molecular formula is C15H18N4O. The van der Waals surface area contributed by atoms with Gasteiger partial charge in [0, 0.05) is 24.9 Å². The zero-order valence-electron chi connectivity index (χ0n) is 11.8. The Hall–Kier alpha value is -2.17. The molecule has 1 amide bonds. The summed E-state index contributed by atoms with van der Waals surface area (Å²) in [6, 6.07) is 7.92. The van der Waals surface area contributed by atoms with Crippen molar-refractivity contribution in [3.8, 4) is 0 Å². The van der Waals surface area contributed by atoms with Crippen LogP contribution in [0.2, 0.25) is 0 Å². The monoisotopic (exact) mass is 270 g/mol. The lowest BCUT2D eigenvalue weighted by Gasteiger charge is -2.07. The fourth-order valence-corrected chi connectivity index (χ4v) is 2.47. The van der Waals surface area contributed by atoms with Crippen molar-refractivity contribution in [1.29, 1.82) is 0 Å². The van der Waals surface area contributed by atoms with E-state index >= 15 is 0 Å². The lowest BCUT2D eigenvalue weighted by atomic mass is 10.1. The lowest BCUT2D eigenvalue weighted by Crippen LogP contribution is -2.25. The fraction of sp³-hybridized carbons (Fsp3) is 0.400. The Kier molecular flexibility index (Phi) is 3.26. The molecule has 20 heavy (non-hydrogen) atoms. The predicted octanol–water partition coefficient (Wildman–Crippen LogP) is 1.94. The van der Waals surface area contributed by atoms with Gasteiger partial charge in [0.25, 0.3) is 0 Å². The van der Waals surface area contributed by atoms with Gasteiger partial charge in [-0.3, -0.25) is 9.36 Å². The predicted molar refractivity (Wildman–Crippen MR) is 78.2 cm³/mol. The maximum Gasteiger partial charge on any atom is 0.249 e. The molecule has 0 spiro atoms. The molecule has 5 heteroatoms. The van der Waals surface area contributed by atoms with Crippen molar-refractivity contribution >= 4 is 22.6 Å². The largest absolute Gasteiger partial charge is 0.369 e. The van der Waals surface area contributed by atoms with Gasteiger partial charge < -0.3 is 5.32 Å². The van der Waals surface area contributed by atoms with Crippen molar-refractivity contribution in [3.05, 3.63) is 29.9 Å². The number of benzene rings is 1. The van der Waals surface area contributed by atoms with Gasteiger partial charge in [-0.2, -0.15) is 4.99 Å². The van der Waals surface area contributed by atoms with E-state index in [0.717, 1.165) is 29.8 Å². The number of carbonyl (C=O) groups is 1. The van der Waals surface area contributed by atoms with E-state index in [1.165, 1.54) is 0 Å². The molecule has 0 fully saturated rings. The van der Waals surface area contributed by atoms with E-state index in [1.54, 1.807) is 0 Å². The number of nitrogens with one attached hydrogen (secondary N) is 1. The van der Waals surface area contributed by atoms with Crippen molar-refractivity contribution in [2.45, 2.75) is 26.8 Å². The van der Waals surface area contributed by atoms with E-state index in [2.05, 4.69) is 15.3 Å². The minimum atomic E-state index is -0.107. The van der Waals surface area contributed by atoms with E-state index in [9.17, 15) is 4.79 Å². The zero-order chi connectivity index (χ0) is 14.1. The first-order valence-electron chi connectivity index (χ1n) is 6.96. The Morgan fingerprint density at radius 1 is 1.45 bits per heavy atom. The minimum Gasteiger partial charge on any atom is -0.369 e. The summed E-state index contributed by atoms with van der Waals surface area (Å²) >= 11 is 0. The van der Waals surface area contributed by atoms with Gasteiger partial charge in [0.15, 0.2) is 0 Å². The number of aromatic nitrogens is 2. The summed E-state index contributed by atoms with van der Waals surface area (Å²) in [7, 11) is 0. The first kappa shape index (κ1) is 12.8. The van der Waals surface area contributed by atoms with Crippen molar-refractivity contribution in [2.75, 3.05) is 11.9 Å². The van der Waals surface area contributed by atoms with E-state index in [4.69, 9.17) is 0 Å². The number of fused-ring (bicyclic) bond motifs is 3.